The van der Waals surface area contributed by atoms with Crippen LogP contribution >= 0.6 is 0 Å². The Morgan fingerprint density at radius 3 is 1.97 bits per heavy atom. The molecule has 0 amide bonds. The molecule has 0 unspecified atom stereocenters. The number of aromatic amines is 1. The minimum absolute atomic E-state index is 0.0312. The van der Waals surface area contributed by atoms with Crippen LogP contribution in [0.4, 0.5) is 5.69 Å². The Morgan fingerprint density at radius 1 is 0.735 bits per heavy atom. The quantitative estimate of drug-likeness (QED) is 0.214. The molecule has 0 aliphatic rings. The van der Waals surface area contributed by atoms with Gasteiger partial charge in [-0.25, -0.2) is 4.98 Å². The zero-order valence-electron chi connectivity index (χ0n) is 20.2. The Balaban J connectivity index is 0.000000197. The van der Waals surface area contributed by atoms with Crippen molar-refractivity contribution >= 4 is 27.6 Å². The Bertz CT molecular complexity index is 1230. The molecule has 176 valence electrons. The number of para-hydroxylation sites is 1. The summed E-state index contributed by atoms with van der Waals surface area (Å²) < 4.78 is 0. The molecule has 0 saturated heterocycles. The van der Waals surface area contributed by atoms with Crippen LogP contribution in [0.2, 0.25) is 0 Å². The van der Waals surface area contributed by atoms with Crippen molar-refractivity contribution in [1.29, 1.82) is 0 Å². The number of hydrogen-bond acceptors (Lipinski definition) is 4. The van der Waals surface area contributed by atoms with Crippen LogP contribution in [0.25, 0.3) is 33.2 Å². The topological polar surface area (TPSA) is 84.7 Å². The van der Waals surface area contributed by atoms with E-state index >= 15 is 0 Å². The summed E-state index contributed by atoms with van der Waals surface area (Å²) in [5, 5.41) is 12.0. The van der Waals surface area contributed by atoms with Crippen LogP contribution in [-0.4, -0.2) is 19.9 Å². The Morgan fingerprint density at radius 2 is 1.29 bits per heavy atom. The molecular weight excluding hydrogens is 424 g/mol. The molecule has 0 aliphatic carbocycles. The number of benzene rings is 2. The Hall–Kier alpha value is -4.06. The molecular formula is C28H32N4O2. The van der Waals surface area contributed by atoms with E-state index in [1.54, 1.807) is 24.4 Å². The molecule has 2 aromatic carbocycles. The van der Waals surface area contributed by atoms with Gasteiger partial charge in [-0.1, -0.05) is 89.1 Å². The van der Waals surface area contributed by atoms with Crippen molar-refractivity contribution in [2.75, 3.05) is 0 Å². The Kier molecular flexibility index (Phi) is 10.9. The van der Waals surface area contributed by atoms with Gasteiger partial charge < -0.3 is 4.98 Å². The van der Waals surface area contributed by atoms with Crippen molar-refractivity contribution in [3.8, 4) is 11.3 Å². The lowest BCUT2D eigenvalue weighted by atomic mass is 10.1. The number of pyridine rings is 2. The van der Waals surface area contributed by atoms with Crippen LogP contribution in [0.15, 0.2) is 91.3 Å². The summed E-state index contributed by atoms with van der Waals surface area (Å²) in [7, 11) is 0. The number of nitrogens with one attached hydrogen (secondary N) is 1. The van der Waals surface area contributed by atoms with Gasteiger partial charge in [-0.2, -0.15) is 0 Å². The number of aromatic nitrogens is 3. The van der Waals surface area contributed by atoms with Gasteiger partial charge in [0.05, 0.1) is 16.0 Å². The lowest BCUT2D eigenvalue weighted by Crippen LogP contribution is -1.93. The third kappa shape index (κ3) is 7.24. The highest BCUT2D eigenvalue weighted by molar-refractivity contribution is 6.04. The van der Waals surface area contributed by atoms with E-state index in [1.165, 1.54) is 24.3 Å². The van der Waals surface area contributed by atoms with Crippen molar-refractivity contribution < 1.29 is 4.92 Å². The lowest BCUT2D eigenvalue weighted by molar-refractivity contribution is -0.384. The van der Waals surface area contributed by atoms with Crippen molar-refractivity contribution in [3.05, 3.63) is 101 Å². The smallest absolute Gasteiger partial charge is 0.295 e. The van der Waals surface area contributed by atoms with Crippen molar-refractivity contribution in [2.45, 2.75) is 40.5 Å². The van der Waals surface area contributed by atoms with Gasteiger partial charge in [0.25, 0.3) is 5.69 Å². The highest BCUT2D eigenvalue weighted by Gasteiger charge is 2.14. The second kappa shape index (κ2) is 14.2. The summed E-state index contributed by atoms with van der Waals surface area (Å²) in [6.45, 7) is 8.50. The third-order valence-corrected chi connectivity index (χ3v) is 4.29. The molecule has 0 saturated carbocycles. The summed E-state index contributed by atoms with van der Waals surface area (Å²) in [6, 6.07) is 24.3. The van der Waals surface area contributed by atoms with Crippen LogP contribution in [0, 0.1) is 10.1 Å². The first-order chi connectivity index (χ1) is 16.6. The summed E-state index contributed by atoms with van der Waals surface area (Å²) in [4.78, 5) is 22.0. The molecule has 5 rings (SSSR count). The first-order valence-electron chi connectivity index (χ1n) is 11.5. The van der Waals surface area contributed by atoms with E-state index in [0.717, 1.165) is 22.1 Å². The van der Waals surface area contributed by atoms with Crippen molar-refractivity contribution in [1.82, 2.24) is 15.0 Å². The second-order valence-electron chi connectivity index (χ2n) is 7.48. The lowest BCUT2D eigenvalue weighted by Gasteiger charge is -2.00. The molecule has 3 heterocycles. The number of rotatable bonds is 2. The molecule has 0 aliphatic heterocycles. The van der Waals surface area contributed by atoms with E-state index in [0.29, 0.717) is 5.69 Å². The maximum atomic E-state index is 10.8. The number of hydrogen-bond donors (Lipinski definition) is 1. The van der Waals surface area contributed by atoms with Gasteiger partial charge in [0.1, 0.15) is 5.69 Å². The Labute approximate surface area is 200 Å². The molecule has 6 nitrogen and oxygen atoms in total. The predicted molar refractivity (Wildman–Crippen MR) is 142 cm³/mol. The molecule has 34 heavy (non-hydrogen) atoms. The van der Waals surface area contributed by atoms with Gasteiger partial charge in [-0.3, -0.25) is 15.1 Å². The summed E-state index contributed by atoms with van der Waals surface area (Å²) >= 11 is 0. The minimum Gasteiger partial charge on any atom is -0.353 e. The molecule has 6 heteroatoms. The number of fused-ring (bicyclic) bond motifs is 3. The van der Waals surface area contributed by atoms with Crippen molar-refractivity contribution in [3.63, 3.8) is 0 Å². The average Bonchev–Trinajstić information content (AvgIpc) is 3.25. The van der Waals surface area contributed by atoms with Gasteiger partial charge in [-0.15, -0.1) is 0 Å². The highest BCUT2D eigenvalue weighted by atomic mass is 16.6. The monoisotopic (exact) mass is 456 g/mol. The van der Waals surface area contributed by atoms with E-state index in [4.69, 9.17) is 0 Å². The zero-order chi connectivity index (χ0) is 24.8. The highest BCUT2D eigenvalue weighted by Crippen LogP contribution is 2.26. The van der Waals surface area contributed by atoms with E-state index in [2.05, 4.69) is 54.8 Å². The van der Waals surface area contributed by atoms with Crippen LogP contribution in [0.1, 0.15) is 40.5 Å². The average molecular weight is 457 g/mol. The minimum atomic E-state index is -0.421. The third-order valence-electron chi connectivity index (χ3n) is 4.29. The summed E-state index contributed by atoms with van der Waals surface area (Å²) in [5.74, 6) is 0. The van der Waals surface area contributed by atoms with E-state index in [-0.39, 0.29) is 5.69 Å². The molecule has 0 bridgehead atoms. The summed E-state index contributed by atoms with van der Waals surface area (Å²) in [6.07, 6.45) is 5.87. The second-order valence-corrected chi connectivity index (χ2v) is 7.48. The number of nitro groups is 1. The fraction of sp³-hybridized carbons (Fsp3) is 0.214. The van der Waals surface area contributed by atoms with E-state index in [1.807, 2.05) is 48.7 Å². The van der Waals surface area contributed by atoms with Crippen LogP contribution in [0.5, 0.6) is 0 Å². The largest absolute Gasteiger partial charge is 0.353 e. The number of nitrogens with zero attached hydrogens (tertiary/aromatic N) is 3. The fourth-order valence-electron chi connectivity index (χ4n) is 3.03. The first-order valence-corrected chi connectivity index (χ1v) is 11.5. The SMILES string of the molecule is CCC.CCC.O=[N+]([O-])c1cccnc1-c1ccccc1.c1ccc2c(c1)[nH]c1cccnc12. The molecule has 0 radical (unpaired) electrons. The van der Waals surface area contributed by atoms with Crippen LogP contribution in [0.3, 0.4) is 0 Å². The summed E-state index contributed by atoms with van der Waals surface area (Å²) in [5.41, 5.74) is 4.50. The van der Waals surface area contributed by atoms with Gasteiger partial charge in [-0.05, 0) is 24.3 Å². The van der Waals surface area contributed by atoms with Gasteiger partial charge in [0, 0.05) is 34.9 Å². The van der Waals surface area contributed by atoms with Gasteiger partial charge in [0.15, 0.2) is 0 Å². The maximum Gasteiger partial charge on any atom is 0.295 e. The van der Waals surface area contributed by atoms with E-state index < -0.39 is 4.92 Å². The van der Waals surface area contributed by atoms with Crippen LogP contribution < -0.4 is 0 Å². The van der Waals surface area contributed by atoms with Crippen LogP contribution in [-0.2, 0) is 0 Å². The molecule has 0 fully saturated rings. The number of H-pyrrole nitrogens is 1. The molecule has 3 aromatic heterocycles. The standard InChI is InChI=1S/C11H8N2O2.C11H8N2.2C3H8/c14-13(15)10-7-4-8-12-11(10)9-5-2-1-3-6-9;1-2-5-9-8(4-1)11-10(13-9)6-3-7-12-11;2*1-3-2/h1-8H;1-7,13H;2*3H2,1-2H3. The zero-order valence-corrected chi connectivity index (χ0v) is 20.2. The fourth-order valence-corrected chi connectivity index (χ4v) is 3.03. The normalized spacial score (nSPS) is 9.65. The maximum absolute atomic E-state index is 10.8. The van der Waals surface area contributed by atoms with Gasteiger partial charge >= 0.3 is 0 Å². The first kappa shape index (κ1) is 26.2. The molecule has 5 aromatic rings. The van der Waals surface area contributed by atoms with Crippen molar-refractivity contribution in [2.24, 2.45) is 0 Å². The molecule has 0 atom stereocenters. The van der Waals surface area contributed by atoms with Gasteiger partial charge in [0.2, 0.25) is 0 Å². The van der Waals surface area contributed by atoms with E-state index in [9.17, 15) is 10.1 Å². The predicted octanol–water partition coefficient (Wildman–Crippen LogP) is 8.21. The molecule has 1 N–H and O–H groups in total. The molecule has 0 spiro atoms.